The van der Waals surface area contributed by atoms with Crippen molar-refractivity contribution >= 4 is 23.2 Å². The van der Waals surface area contributed by atoms with Crippen LogP contribution >= 0.6 is 11.3 Å². The molecule has 0 radical (unpaired) electrons. The van der Waals surface area contributed by atoms with Crippen LogP contribution in [-0.2, 0) is 12.8 Å². The minimum Gasteiger partial charge on any atom is -0.349 e. The summed E-state index contributed by atoms with van der Waals surface area (Å²) in [6.07, 6.45) is 9.84. The summed E-state index contributed by atoms with van der Waals surface area (Å²) < 4.78 is 0. The molecule has 0 spiro atoms. The van der Waals surface area contributed by atoms with Gasteiger partial charge in [-0.3, -0.25) is 14.6 Å². The van der Waals surface area contributed by atoms with E-state index in [1.165, 1.54) is 23.3 Å². The zero-order valence-corrected chi connectivity index (χ0v) is 16.0. The summed E-state index contributed by atoms with van der Waals surface area (Å²) in [5.41, 5.74) is 1.98. The van der Waals surface area contributed by atoms with E-state index < -0.39 is 0 Å². The molecule has 5 nitrogen and oxygen atoms in total. The summed E-state index contributed by atoms with van der Waals surface area (Å²) in [4.78, 5) is 33.8. The number of pyridine rings is 1. The Morgan fingerprint density at radius 2 is 2.11 bits per heavy atom. The van der Waals surface area contributed by atoms with Crippen LogP contribution in [0.3, 0.4) is 0 Å². The molecule has 1 N–H and O–H groups in total. The summed E-state index contributed by atoms with van der Waals surface area (Å²) in [5, 5.41) is 3.15. The molecule has 6 heteroatoms. The fourth-order valence-electron chi connectivity index (χ4n) is 4.87. The van der Waals surface area contributed by atoms with Crippen molar-refractivity contribution in [1.29, 1.82) is 0 Å². The number of piperidine rings is 1. The number of nitrogens with one attached hydrogen (secondary N) is 1. The maximum absolute atomic E-state index is 13.0. The summed E-state index contributed by atoms with van der Waals surface area (Å²) in [6.45, 7) is 0.754. The molecule has 3 heterocycles. The Bertz CT molecular complexity index is 855. The second-order valence-electron chi connectivity index (χ2n) is 7.93. The van der Waals surface area contributed by atoms with Gasteiger partial charge in [-0.2, -0.15) is 0 Å². The van der Waals surface area contributed by atoms with Crippen LogP contribution < -0.4 is 5.32 Å². The van der Waals surface area contributed by atoms with E-state index in [0.29, 0.717) is 11.5 Å². The average Bonchev–Trinajstić information content (AvgIpc) is 3.41. The maximum atomic E-state index is 13.0. The van der Waals surface area contributed by atoms with Crippen LogP contribution in [0.1, 0.15) is 56.2 Å². The number of fused-ring (bicyclic) bond motifs is 3. The molecule has 1 saturated carbocycles. The van der Waals surface area contributed by atoms with Crippen molar-refractivity contribution in [2.45, 2.75) is 50.6 Å². The van der Waals surface area contributed by atoms with Crippen molar-refractivity contribution in [3.05, 3.63) is 51.5 Å². The van der Waals surface area contributed by atoms with Crippen molar-refractivity contribution in [3.63, 3.8) is 0 Å². The topological polar surface area (TPSA) is 62.3 Å². The lowest BCUT2D eigenvalue weighted by molar-refractivity contribution is 0.0684. The van der Waals surface area contributed by atoms with Crippen LogP contribution in [0.4, 0.5) is 0 Å². The Hall–Kier alpha value is -2.21. The number of nitrogens with zero attached hydrogens (tertiary/aromatic N) is 2. The SMILES string of the molecule is O=C(N[C@H]1C[C@@H]2C[C@H]1CN2C(=O)c1cc2c(s1)CCCC2)c1cccnc1. The first kappa shape index (κ1) is 16.9. The molecule has 1 saturated heterocycles. The van der Waals surface area contributed by atoms with Crippen molar-refractivity contribution in [2.75, 3.05) is 6.54 Å². The number of aryl methyl sites for hydroxylation is 2. The predicted octanol–water partition coefficient (Wildman–Crippen LogP) is 3.05. The summed E-state index contributed by atoms with van der Waals surface area (Å²) in [7, 11) is 0. The number of thiophene rings is 1. The highest BCUT2D eigenvalue weighted by molar-refractivity contribution is 7.14. The van der Waals surface area contributed by atoms with E-state index in [1.54, 1.807) is 35.9 Å². The number of likely N-dealkylation sites (tertiary alicyclic amines) is 1. The molecule has 2 aliphatic carbocycles. The minimum absolute atomic E-state index is 0.0653. The first-order valence-corrected chi connectivity index (χ1v) is 10.6. The molecular formula is C21H23N3O2S. The lowest BCUT2D eigenvalue weighted by Gasteiger charge is -2.31. The van der Waals surface area contributed by atoms with E-state index in [4.69, 9.17) is 0 Å². The number of carbonyl (C=O) groups is 2. The van der Waals surface area contributed by atoms with E-state index >= 15 is 0 Å². The zero-order chi connectivity index (χ0) is 18.4. The lowest BCUT2D eigenvalue weighted by atomic mass is 9.99. The van der Waals surface area contributed by atoms with Crippen molar-refractivity contribution in [2.24, 2.45) is 5.92 Å². The van der Waals surface area contributed by atoms with E-state index in [1.807, 2.05) is 0 Å². The van der Waals surface area contributed by atoms with E-state index in [-0.39, 0.29) is 23.9 Å². The molecule has 1 aliphatic heterocycles. The lowest BCUT2D eigenvalue weighted by Crippen LogP contribution is -2.47. The highest BCUT2D eigenvalue weighted by Crippen LogP contribution is 2.40. The number of hydrogen-bond donors (Lipinski definition) is 1. The van der Waals surface area contributed by atoms with E-state index in [2.05, 4.69) is 21.3 Å². The van der Waals surface area contributed by atoms with Gasteiger partial charge in [0.1, 0.15) is 0 Å². The number of hydrogen-bond acceptors (Lipinski definition) is 4. The second kappa shape index (κ2) is 6.75. The third-order valence-electron chi connectivity index (χ3n) is 6.25. The second-order valence-corrected chi connectivity index (χ2v) is 9.07. The minimum atomic E-state index is -0.0653. The largest absolute Gasteiger partial charge is 0.349 e. The molecule has 5 rings (SSSR count). The third-order valence-corrected chi connectivity index (χ3v) is 7.48. The Labute approximate surface area is 162 Å². The smallest absolute Gasteiger partial charge is 0.264 e. The number of amides is 2. The summed E-state index contributed by atoms with van der Waals surface area (Å²) >= 11 is 1.70. The Balaban J connectivity index is 1.24. The van der Waals surface area contributed by atoms with E-state index in [9.17, 15) is 9.59 Å². The van der Waals surface area contributed by atoms with Gasteiger partial charge < -0.3 is 10.2 Å². The molecule has 2 amide bonds. The van der Waals surface area contributed by atoms with Gasteiger partial charge in [-0.15, -0.1) is 11.3 Å². The molecule has 2 fully saturated rings. The number of rotatable bonds is 3. The first-order valence-electron chi connectivity index (χ1n) is 9.82. The molecule has 0 aromatic carbocycles. The number of aromatic nitrogens is 1. The van der Waals surface area contributed by atoms with Crippen LogP contribution in [0.5, 0.6) is 0 Å². The van der Waals surface area contributed by atoms with Gasteiger partial charge in [0.25, 0.3) is 11.8 Å². The predicted molar refractivity (Wildman–Crippen MR) is 104 cm³/mol. The molecule has 3 aliphatic rings. The zero-order valence-electron chi connectivity index (χ0n) is 15.2. The summed E-state index contributed by atoms with van der Waals surface area (Å²) in [6, 6.07) is 6.10. The molecule has 0 unspecified atom stereocenters. The quantitative estimate of drug-likeness (QED) is 0.889. The standard InChI is InChI=1S/C21H23N3O2S/c25-20(14-5-3-7-22-11-14)23-17-10-16-8-15(17)12-24(16)21(26)19-9-13-4-1-2-6-18(13)27-19/h3,5,7,9,11,15-17H,1-2,4,6,8,10,12H2,(H,23,25)/t15-,16-,17-/m0/s1. The van der Waals surface area contributed by atoms with Crippen LogP contribution in [-0.4, -0.2) is 40.3 Å². The molecule has 2 aromatic rings. The highest BCUT2D eigenvalue weighted by atomic mass is 32.1. The summed E-state index contributed by atoms with van der Waals surface area (Å²) in [5.74, 6) is 0.484. The number of carbonyl (C=O) groups excluding carboxylic acids is 2. The normalized spacial score (nSPS) is 26.1. The van der Waals surface area contributed by atoms with Gasteiger partial charge in [0, 0.05) is 35.9 Å². The van der Waals surface area contributed by atoms with E-state index in [0.717, 1.165) is 37.1 Å². The van der Waals surface area contributed by atoms with Gasteiger partial charge in [0.05, 0.1) is 10.4 Å². The van der Waals surface area contributed by atoms with Crippen LogP contribution in [0, 0.1) is 5.92 Å². The fraction of sp³-hybridized carbons (Fsp3) is 0.476. The van der Waals surface area contributed by atoms with Crippen molar-refractivity contribution in [1.82, 2.24) is 15.2 Å². The Morgan fingerprint density at radius 1 is 1.22 bits per heavy atom. The van der Waals surface area contributed by atoms with Crippen molar-refractivity contribution in [3.8, 4) is 0 Å². The molecule has 27 heavy (non-hydrogen) atoms. The molecular weight excluding hydrogens is 358 g/mol. The van der Waals surface area contributed by atoms with Crippen LogP contribution in [0.15, 0.2) is 30.6 Å². The molecule has 2 aromatic heterocycles. The van der Waals surface area contributed by atoms with Crippen molar-refractivity contribution < 1.29 is 9.59 Å². The molecule has 3 atom stereocenters. The van der Waals surface area contributed by atoms with Gasteiger partial charge in [-0.05, 0) is 68.2 Å². The van der Waals surface area contributed by atoms with Crippen LogP contribution in [0.2, 0.25) is 0 Å². The Kier molecular flexibility index (Phi) is 4.23. The van der Waals surface area contributed by atoms with Gasteiger partial charge in [-0.1, -0.05) is 0 Å². The highest BCUT2D eigenvalue weighted by Gasteiger charge is 2.47. The first-order chi connectivity index (χ1) is 13.2. The third kappa shape index (κ3) is 3.06. The molecule has 140 valence electrons. The monoisotopic (exact) mass is 381 g/mol. The van der Waals surface area contributed by atoms with Crippen LogP contribution in [0.25, 0.3) is 0 Å². The fourth-order valence-corrected chi connectivity index (χ4v) is 6.08. The average molecular weight is 382 g/mol. The molecule has 2 bridgehead atoms. The van der Waals surface area contributed by atoms with Gasteiger partial charge in [0.2, 0.25) is 0 Å². The van der Waals surface area contributed by atoms with Gasteiger partial charge in [0.15, 0.2) is 0 Å². The maximum Gasteiger partial charge on any atom is 0.264 e. The van der Waals surface area contributed by atoms with Gasteiger partial charge in [-0.25, -0.2) is 0 Å². The van der Waals surface area contributed by atoms with Gasteiger partial charge >= 0.3 is 0 Å². The Morgan fingerprint density at radius 3 is 2.85 bits per heavy atom.